The highest BCUT2D eigenvalue weighted by atomic mass is 16.5. The van der Waals surface area contributed by atoms with E-state index in [-0.39, 0.29) is 5.95 Å². The average Bonchev–Trinajstić information content (AvgIpc) is 2.55. The minimum atomic E-state index is 0.187. The average molecular weight is 293 g/mol. The molecule has 0 unspecified atom stereocenters. The number of hydrogen-bond acceptors (Lipinski definition) is 6. The molecular weight excluding hydrogens is 278 g/mol. The minimum Gasteiger partial charge on any atom is -0.480 e. The third kappa shape index (κ3) is 2.58. The maximum atomic E-state index is 5.58. The van der Waals surface area contributed by atoms with Gasteiger partial charge in [-0.05, 0) is 24.1 Å². The fourth-order valence-corrected chi connectivity index (χ4v) is 2.22. The van der Waals surface area contributed by atoms with Gasteiger partial charge in [-0.3, -0.25) is 0 Å². The van der Waals surface area contributed by atoms with Crippen molar-refractivity contribution in [3.63, 3.8) is 0 Å². The van der Waals surface area contributed by atoms with E-state index in [0.717, 1.165) is 27.9 Å². The molecule has 0 amide bonds. The van der Waals surface area contributed by atoms with E-state index in [0.29, 0.717) is 5.88 Å². The van der Waals surface area contributed by atoms with Gasteiger partial charge in [0.15, 0.2) is 0 Å². The zero-order valence-corrected chi connectivity index (χ0v) is 12.3. The van der Waals surface area contributed by atoms with Crippen LogP contribution < -0.4 is 10.5 Å². The number of nitrogens with two attached hydrogens (primary N) is 1. The molecule has 0 bridgehead atoms. The lowest BCUT2D eigenvalue weighted by Crippen LogP contribution is -1.99. The first-order valence-electron chi connectivity index (χ1n) is 6.74. The second-order valence-electron chi connectivity index (χ2n) is 4.79. The number of benzene rings is 1. The lowest BCUT2D eigenvalue weighted by atomic mass is 10.0. The van der Waals surface area contributed by atoms with Crippen LogP contribution in [-0.2, 0) is 0 Å². The van der Waals surface area contributed by atoms with Gasteiger partial charge in [-0.15, -0.1) is 0 Å². The third-order valence-corrected chi connectivity index (χ3v) is 3.36. The van der Waals surface area contributed by atoms with Crippen molar-refractivity contribution in [2.24, 2.45) is 0 Å². The van der Waals surface area contributed by atoms with Crippen LogP contribution in [0.5, 0.6) is 5.88 Å². The summed E-state index contributed by atoms with van der Waals surface area (Å²) in [4.78, 5) is 8.11. The smallest absolute Gasteiger partial charge is 0.225 e. The maximum absolute atomic E-state index is 5.58. The first-order valence-corrected chi connectivity index (χ1v) is 6.74. The number of aryl methyl sites for hydroxylation is 1. The Morgan fingerprint density at radius 1 is 1.05 bits per heavy atom. The van der Waals surface area contributed by atoms with E-state index < -0.39 is 0 Å². The fraction of sp³-hybridized carbons (Fsp3) is 0.125. The van der Waals surface area contributed by atoms with Gasteiger partial charge in [-0.1, -0.05) is 24.3 Å². The number of rotatable bonds is 3. The van der Waals surface area contributed by atoms with E-state index in [1.807, 2.05) is 37.3 Å². The fourth-order valence-electron chi connectivity index (χ4n) is 2.22. The molecule has 0 aliphatic rings. The number of methoxy groups -OCH3 is 1. The molecule has 0 atom stereocenters. The molecule has 2 N–H and O–H groups in total. The van der Waals surface area contributed by atoms with Crippen LogP contribution in [-0.4, -0.2) is 27.3 Å². The number of anilines is 1. The number of ether oxygens (including phenoxy) is 1. The Hall–Kier alpha value is -3.02. The largest absolute Gasteiger partial charge is 0.480 e. The molecule has 0 radical (unpaired) electrons. The van der Waals surface area contributed by atoms with Gasteiger partial charge in [0.05, 0.1) is 18.4 Å². The molecule has 3 aromatic rings. The van der Waals surface area contributed by atoms with Crippen molar-refractivity contribution < 1.29 is 4.74 Å². The number of nitrogen functional groups attached to an aromatic ring is 1. The number of aromatic nitrogens is 4. The lowest BCUT2D eigenvalue weighted by Gasteiger charge is -2.09. The van der Waals surface area contributed by atoms with E-state index in [1.165, 1.54) is 0 Å². The molecule has 2 heterocycles. The quantitative estimate of drug-likeness (QED) is 0.798. The van der Waals surface area contributed by atoms with Crippen LogP contribution in [0.3, 0.4) is 0 Å². The summed E-state index contributed by atoms with van der Waals surface area (Å²) in [6.45, 7) is 2.01. The van der Waals surface area contributed by atoms with Crippen LogP contribution >= 0.6 is 0 Å². The van der Waals surface area contributed by atoms with Gasteiger partial charge >= 0.3 is 0 Å². The van der Waals surface area contributed by atoms with Crippen molar-refractivity contribution in [2.45, 2.75) is 6.92 Å². The van der Waals surface area contributed by atoms with E-state index in [9.17, 15) is 0 Å². The minimum absolute atomic E-state index is 0.187. The predicted molar refractivity (Wildman–Crippen MR) is 84.2 cm³/mol. The highest BCUT2D eigenvalue weighted by molar-refractivity contribution is 5.72. The lowest BCUT2D eigenvalue weighted by molar-refractivity contribution is 0.399. The van der Waals surface area contributed by atoms with Gasteiger partial charge in [0.2, 0.25) is 11.8 Å². The molecule has 0 fully saturated rings. The topological polar surface area (TPSA) is 86.8 Å². The summed E-state index contributed by atoms with van der Waals surface area (Å²) in [5.41, 5.74) is 10.3. The highest BCUT2D eigenvalue weighted by Crippen LogP contribution is 2.30. The molecule has 110 valence electrons. The molecule has 0 saturated heterocycles. The first-order chi connectivity index (χ1) is 10.7. The van der Waals surface area contributed by atoms with E-state index in [2.05, 4.69) is 20.2 Å². The first kappa shape index (κ1) is 13.9. The molecule has 22 heavy (non-hydrogen) atoms. The predicted octanol–water partition coefficient (Wildman–Crippen LogP) is 2.50. The Morgan fingerprint density at radius 2 is 1.77 bits per heavy atom. The normalized spacial score (nSPS) is 10.5. The molecule has 2 aromatic heterocycles. The van der Waals surface area contributed by atoms with Gasteiger partial charge in [-0.2, -0.15) is 15.2 Å². The molecule has 0 aliphatic carbocycles. The van der Waals surface area contributed by atoms with Crippen LogP contribution in [0, 0.1) is 6.92 Å². The highest BCUT2D eigenvalue weighted by Gasteiger charge is 2.10. The summed E-state index contributed by atoms with van der Waals surface area (Å²) in [6, 6.07) is 9.86. The van der Waals surface area contributed by atoms with Gasteiger partial charge in [-0.25, -0.2) is 4.98 Å². The van der Waals surface area contributed by atoms with Gasteiger partial charge < -0.3 is 10.5 Å². The zero-order chi connectivity index (χ0) is 15.5. The Kier molecular flexibility index (Phi) is 3.65. The molecule has 0 spiro atoms. The molecule has 0 aliphatic heterocycles. The SMILES string of the molecule is COc1nc(N)ncc1-c1ccc(-c2nnccc2C)cc1. The van der Waals surface area contributed by atoms with Crippen molar-refractivity contribution in [1.82, 2.24) is 20.2 Å². The van der Waals surface area contributed by atoms with Crippen molar-refractivity contribution in [3.8, 4) is 28.3 Å². The Morgan fingerprint density at radius 3 is 2.45 bits per heavy atom. The second kappa shape index (κ2) is 5.77. The maximum Gasteiger partial charge on any atom is 0.225 e. The molecule has 6 heteroatoms. The second-order valence-corrected chi connectivity index (χ2v) is 4.79. The van der Waals surface area contributed by atoms with Gasteiger partial charge in [0.1, 0.15) is 0 Å². The van der Waals surface area contributed by atoms with Crippen molar-refractivity contribution in [1.29, 1.82) is 0 Å². The van der Waals surface area contributed by atoms with Crippen molar-refractivity contribution in [3.05, 3.63) is 48.3 Å². The zero-order valence-electron chi connectivity index (χ0n) is 12.3. The van der Waals surface area contributed by atoms with Crippen LogP contribution in [0.1, 0.15) is 5.56 Å². The van der Waals surface area contributed by atoms with Crippen LogP contribution in [0.4, 0.5) is 5.95 Å². The Balaban J connectivity index is 2.00. The van der Waals surface area contributed by atoms with Crippen molar-refractivity contribution in [2.75, 3.05) is 12.8 Å². The summed E-state index contributed by atoms with van der Waals surface area (Å²) < 4.78 is 5.26. The monoisotopic (exact) mass is 293 g/mol. The van der Waals surface area contributed by atoms with Crippen molar-refractivity contribution >= 4 is 5.95 Å². The molecular formula is C16H15N5O. The van der Waals surface area contributed by atoms with E-state index in [1.54, 1.807) is 19.5 Å². The van der Waals surface area contributed by atoms with Gasteiger partial charge in [0.25, 0.3) is 0 Å². The molecule has 1 aromatic carbocycles. The molecule has 6 nitrogen and oxygen atoms in total. The molecule has 0 saturated carbocycles. The Bertz CT molecular complexity index is 802. The van der Waals surface area contributed by atoms with Crippen LogP contribution in [0.15, 0.2) is 42.7 Å². The molecule has 3 rings (SSSR count). The summed E-state index contributed by atoms with van der Waals surface area (Å²) in [5, 5.41) is 8.12. The Labute approximate surface area is 128 Å². The van der Waals surface area contributed by atoms with Crippen LogP contribution in [0.25, 0.3) is 22.4 Å². The summed E-state index contributed by atoms with van der Waals surface area (Å²) >= 11 is 0. The van der Waals surface area contributed by atoms with E-state index in [4.69, 9.17) is 10.5 Å². The summed E-state index contributed by atoms with van der Waals surface area (Å²) in [5.74, 6) is 0.642. The summed E-state index contributed by atoms with van der Waals surface area (Å²) in [7, 11) is 1.56. The summed E-state index contributed by atoms with van der Waals surface area (Å²) in [6.07, 6.45) is 3.34. The van der Waals surface area contributed by atoms with Gasteiger partial charge in [0, 0.05) is 18.0 Å². The number of hydrogen-bond donors (Lipinski definition) is 1. The standard InChI is InChI=1S/C16H15N5O/c1-10-7-8-19-21-14(10)12-5-3-11(4-6-12)13-9-18-16(17)20-15(13)22-2/h3-9H,1-2H3,(H2,17,18,20). The third-order valence-electron chi connectivity index (χ3n) is 3.36. The van der Waals surface area contributed by atoms with Crippen LogP contribution in [0.2, 0.25) is 0 Å². The van der Waals surface area contributed by atoms with E-state index >= 15 is 0 Å². The number of nitrogens with zero attached hydrogens (tertiary/aromatic N) is 4.